The highest BCUT2D eigenvalue weighted by Crippen LogP contribution is 2.09. The smallest absolute Gasteiger partial charge is 0.152 e. The Hall–Kier alpha value is -2.64. The number of nitrogens with one attached hydrogen (secondary N) is 2. The lowest BCUT2D eigenvalue weighted by atomic mass is 10.1. The lowest BCUT2D eigenvalue weighted by Gasteiger charge is -2.00. The van der Waals surface area contributed by atoms with Crippen LogP contribution >= 0.6 is 0 Å². The second-order valence-electron chi connectivity index (χ2n) is 3.87. The summed E-state index contributed by atoms with van der Waals surface area (Å²) in [7, 11) is 0. The van der Waals surface area contributed by atoms with Gasteiger partial charge in [0, 0.05) is 12.8 Å². The van der Waals surface area contributed by atoms with Gasteiger partial charge in [0.2, 0.25) is 0 Å². The highest BCUT2D eigenvalue weighted by Gasteiger charge is 2.02. The van der Waals surface area contributed by atoms with E-state index in [1.807, 2.05) is 24.3 Å². The van der Waals surface area contributed by atoms with Gasteiger partial charge < -0.3 is 0 Å². The van der Waals surface area contributed by atoms with E-state index in [4.69, 9.17) is 0 Å². The van der Waals surface area contributed by atoms with Crippen molar-refractivity contribution in [2.45, 2.75) is 12.8 Å². The van der Waals surface area contributed by atoms with Crippen molar-refractivity contribution in [2.75, 3.05) is 0 Å². The molecule has 3 aromatic rings. The minimum Gasteiger partial charge on any atom is -0.243 e. The number of benzene rings is 1. The van der Waals surface area contributed by atoms with Crippen LogP contribution < -0.4 is 0 Å². The van der Waals surface area contributed by atoms with Crippen LogP contribution in [0.1, 0.15) is 22.8 Å². The van der Waals surface area contributed by atoms with Crippen LogP contribution in [-0.2, 0) is 12.8 Å². The second kappa shape index (κ2) is 4.70. The van der Waals surface area contributed by atoms with Crippen LogP contribution in [0.5, 0.6) is 0 Å². The maximum atomic E-state index is 3.85. The molecule has 0 amide bonds. The number of hydrogen-bond donors (Lipinski definition) is 2. The van der Waals surface area contributed by atoms with Crippen LogP contribution in [0.3, 0.4) is 0 Å². The zero-order valence-corrected chi connectivity index (χ0v) is 9.41. The van der Waals surface area contributed by atoms with E-state index >= 15 is 0 Å². The molecule has 90 valence electrons. The van der Waals surface area contributed by atoms with Crippen molar-refractivity contribution < 1.29 is 0 Å². The van der Waals surface area contributed by atoms with Crippen LogP contribution in [0.2, 0.25) is 0 Å². The van der Waals surface area contributed by atoms with Gasteiger partial charge in [-0.05, 0) is 32.0 Å². The summed E-state index contributed by atoms with van der Waals surface area (Å²) in [5.74, 6) is 1.50. The van der Waals surface area contributed by atoms with Gasteiger partial charge in [-0.1, -0.05) is 24.3 Å². The minimum atomic E-state index is 0.692. The first-order chi connectivity index (χ1) is 8.90. The van der Waals surface area contributed by atoms with E-state index in [9.17, 15) is 0 Å². The molecule has 2 heterocycles. The Morgan fingerprint density at radius 3 is 1.50 bits per heavy atom. The molecule has 8 heteroatoms. The molecule has 0 atom stereocenters. The van der Waals surface area contributed by atoms with E-state index in [0.29, 0.717) is 12.8 Å². The summed E-state index contributed by atoms with van der Waals surface area (Å²) in [6.07, 6.45) is 1.38. The summed E-state index contributed by atoms with van der Waals surface area (Å²) < 4.78 is 0. The quantitative estimate of drug-likeness (QED) is 0.661. The molecule has 0 spiro atoms. The molecule has 0 saturated carbocycles. The third-order valence-corrected chi connectivity index (χ3v) is 2.54. The largest absolute Gasteiger partial charge is 0.243 e. The van der Waals surface area contributed by atoms with Gasteiger partial charge in [-0.25, -0.2) is 10.2 Å². The number of tetrazole rings is 2. The maximum absolute atomic E-state index is 3.85. The van der Waals surface area contributed by atoms with Gasteiger partial charge in [0.05, 0.1) is 0 Å². The number of hydrogen-bond acceptors (Lipinski definition) is 6. The second-order valence-corrected chi connectivity index (χ2v) is 3.87. The molecule has 2 N–H and O–H groups in total. The van der Waals surface area contributed by atoms with Gasteiger partial charge in [0.25, 0.3) is 0 Å². The number of H-pyrrole nitrogens is 2. The molecule has 0 unspecified atom stereocenters. The monoisotopic (exact) mass is 242 g/mol. The minimum absolute atomic E-state index is 0.692. The molecule has 0 bridgehead atoms. The van der Waals surface area contributed by atoms with Crippen molar-refractivity contribution in [3.8, 4) is 0 Å². The molecule has 1 aromatic carbocycles. The predicted octanol–water partition coefficient (Wildman–Crippen LogP) is -0.106. The van der Waals surface area contributed by atoms with Crippen LogP contribution in [0.4, 0.5) is 0 Å². The van der Waals surface area contributed by atoms with E-state index in [-0.39, 0.29) is 0 Å². The van der Waals surface area contributed by atoms with E-state index < -0.39 is 0 Å². The van der Waals surface area contributed by atoms with Crippen molar-refractivity contribution in [2.24, 2.45) is 0 Å². The van der Waals surface area contributed by atoms with Crippen molar-refractivity contribution in [1.82, 2.24) is 41.2 Å². The Kier molecular flexibility index (Phi) is 2.74. The lowest BCUT2D eigenvalue weighted by Crippen LogP contribution is -1.94. The first-order valence-corrected chi connectivity index (χ1v) is 5.43. The zero-order valence-electron chi connectivity index (χ0n) is 9.41. The molecule has 0 saturated heterocycles. The topological polar surface area (TPSA) is 109 Å². The molecule has 8 nitrogen and oxygen atoms in total. The highest BCUT2D eigenvalue weighted by atomic mass is 15.5. The van der Waals surface area contributed by atoms with Crippen molar-refractivity contribution >= 4 is 0 Å². The van der Waals surface area contributed by atoms with E-state index in [0.717, 1.165) is 22.8 Å². The van der Waals surface area contributed by atoms with E-state index in [2.05, 4.69) is 41.2 Å². The van der Waals surface area contributed by atoms with Crippen LogP contribution in [-0.4, -0.2) is 41.2 Å². The molecule has 0 aliphatic rings. The zero-order chi connectivity index (χ0) is 12.2. The molecule has 0 radical (unpaired) electrons. The molecule has 2 aromatic heterocycles. The number of rotatable bonds is 4. The van der Waals surface area contributed by atoms with E-state index in [1.165, 1.54) is 0 Å². The summed E-state index contributed by atoms with van der Waals surface area (Å²) in [5.41, 5.74) is 2.29. The summed E-state index contributed by atoms with van der Waals surface area (Å²) in [4.78, 5) is 0. The Balaban J connectivity index is 1.69. The van der Waals surface area contributed by atoms with Crippen LogP contribution in [0, 0.1) is 0 Å². The van der Waals surface area contributed by atoms with Gasteiger partial charge in [-0.15, -0.1) is 10.2 Å². The van der Waals surface area contributed by atoms with Gasteiger partial charge >= 0.3 is 0 Å². The molecule has 18 heavy (non-hydrogen) atoms. The van der Waals surface area contributed by atoms with Crippen molar-refractivity contribution in [1.29, 1.82) is 0 Å². The Morgan fingerprint density at radius 1 is 0.722 bits per heavy atom. The SMILES string of the molecule is c1cc(Cc2nnn[nH]2)ccc1Cc1nnn[nH]1. The summed E-state index contributed by atoms with van der Waals surface area (Å²) >= 11 is 0. The molecule has 0 aliphatic carbocycles. The van der Waals surface area contributed by atoms with Gasteiger partial charge in [0.15, 0.2) is 11.6 Å². The van der Waals surface area contributed by atoms with Crippen molar-refractivity contribution in [3.63, 3.8) is 0 Å². The maximum Gasteiger partial charge on any atom is 0.152 e. The van der Waals surface area contributed by atoms with Gasteiger partial charge in [-0.3, -0.25) is 0 Å². The average Bonchev–Trinajstić information content (AvgIpc) is 3.05. The van der Waals surface area contributed by atoms with E-state index in [1.54, 1.807) is 0 Å². The van der Waals surface area contributed by atoms with Gasteiger partial charge in [-0.2, -0.15) is 0 Å². The van der Waals surface area contributed by atoms with Crippen LogP contribution in [0.15, 0.2) is 24.3 Å². The van der Waals surface area contributed by atoms with Gasteiger partial charge in [0.1, 0.15) is 0 Å². The Bertz CT molecular complexity index is 528. The molecular formula is C10H10N8. The third-order valence-electron chi connectivity index (χ3n) is 2.54. The standard InChI is InChI=1S/C10H10N8/c1-2-8(6-10-13-17-18-14-10)4-3-7(1)5-9-11-15-16-12-9/h1-4H,5-6H2,(H,11,12,15,16)(H,13,14,17,18). The number of aromatic amines is 2. The molecule has 0 fully saturated rings. The molecule has 3 rings (SSSR count). The first-order valence-electron chi connectivity index (χ1n) is 5.43. The fourth-order valence-electron chi connectivity index (χ4n) is 1.67. The fraction of sp³-hybridized carbons (Fsp3) is 0.200. The van der Waals surface area contributed by atoms with Crippen molar-refractivity contribution in [3.05, 3.63) is 47.0 Å². The number of aromatic nitrogens is 8. The first kappa shape index (κ1) is 10.5. The highest BCUT2D eigenvalue weighted by molar-refractivity contribution is 5.26. The third kappa shape index (κ3) is 2.37. The Morgan fingerprint density at radius 2 is 1.17 bits per heavy atom. The predicted molar refractivity (Wildman–Crippen MR) is 60.4 cm³/mol. The normalized spacial score (nSPS) is 10.7. The summed E-state index contributed by atoms with van der Waals surface area (Å²) in [5, 5.41) is 27.3. The lowest BCUT2D eigenvalue weighted by molar-refractivity contribution is 0.881. The molecular weight excluding hydrogens is 232 g/mol. The van der Waals surface area contributed by atoms with Crippen LogP contribution in [0.25, 0.3) is 0 Å². The number of nitrogens with zero attached hydrogens (tertiary/aromatic N) is 6. The average molecular weight is 242 g/mol. The molecule has 0 aliphatic heterocycles. The fourth-order valence-corrected chi connectivity index (χ4v) is 1.67. The summed E-state index contributed by atoms with van der Waals surface area (Å²) in [6, 6.07) is 8.17. The summed E-state index contributed by atoms with van der Waals surface area (Å²) in [6.45, 7) is 0. The Labute approximate surface area is 102 Å².